The van der Waals surface area contributed by atoms with Crippen LogP contribution in [0.25, 0.3) is 0 Å². The quantitative estimate of drug-likeness (QED) is 0.919. The highest BCUT2D eigenvalue weighted by atomic mass is 19.1. The van der Waals surface area contributed by atoms with E-state index in [1.54, 1.807) is 18.2 Å². The highest BCUT2D eigenvalue weighted by Crippen LogP contribution is 2.27. The maximum atomic E-state index is 13.7. The van der Waals surface area contributed by atoms with Crippen LogP contribution in [0.3, 0.4) is 0 Å². The molecule has 0 bridgehead atoms. The number of hydrogen-bond acceptors (Lipinski definition) is 2. The Morgan fingerprint density at radius 1 is 1.40 bits per heavy atom. The number of halogens is 1. The topological polar surface area (TPSA) is 50.2 Å². The molecule has 0 radical (unpaired) electrons. The number of amides is 2. The van der Waals surface area contributed by atoms with Crippen LogP contribution in [-0.4, -0.2) is 33.6 Å². The maximum Gasteiger partial charge on any atom is 0.317 e. The second kappa shape index (κ2) is 7.68. The van der Waals surface area contributed by atoms with Crippen LogP contribution in [0.5, 0.6) is 0 Å². The molecule has 1 aliphatic heterocycles. The highest BCUT2D eigenvalue weighted by Gasteiger charge is 2.27. The van der Waals surface area contributed by atoms with Crippen LogP contribution in [0.4, 0.5) is 9.18 Å². The summed E-state index contributed by atoms with van der Waals surface area (Å²) < 4.78 is 15.8. The van der Waals surface area contributed by atoms with E-state index >= 15 is 0 Å². The summed E-state index contributed by atoms with van der Waals surface area (Å²) in [6.07, 6.45) is 5.80. The molecule has 1 aromatic heterocycles. The monoisotopic (exact) mass is 344 g/mol. The molecule has 1 fully saturated rings. The van der Waals surface area contributed by atoms with Crippen molar-refractivity contribution in [3.8, 4) is 0 Å². The first kappa shape index (κ1) is 17.5. The Kier molecular flexibility index (Phi) is 5.36. The van der Waals surface area contributed by atoms with E-state index in [4.69, 9.17) is 0 Å². The molecule has 1 aliphatic rings. The summed E-state index contributed by atoms with van der Waals surface area (Å²) in [7, 11) is 0. The summed E-state index contributed by atoms with van der Waals surface area (Å²) in [5, 5.41) is 2.83. The van der Waals surface area contributed by atoms with Crippen molar-refractivity contribution in [1.82, 2.24) is 19.8 Å². The fraction of sp³-hybridized carbons (Fsp3) is 0.474. The van der Waals surface area contributed by atoms with Gasteiger partial charge in [0.25, 0.3) is 0 Å². The average molecular weight is 344 g/mol. The number of likely N-dealkylation sites (tertiary alicyclic amines) is 1. The molecule has 2 heterocycles. The summed E-state index contributed by atoms with van der Waals surface area (Å²) in [6, 6.07) is 6.72. The van der Waals surface area contributed by atoms with Crippen LogP contribution >= 0.6 is 0 Å². The predicted molar refractivity (Wildman–Crippen MR) is 94.8 cm³/mol. The standard InChI is InChI=1S/C19H25FN4O/c1-14(2)24-11-9-21-18(24)16-7-5-10-23(13-16)19(25)22-12-15-6-3-4-8-17(15)20/h3-4,6,8-9,11,14,16H,5,7,10,12-13H2,1-2H3,(H,22,25)/t16-/m0/s1. The molecule has 5 nitrogen and oxygen atoms in total. The van der Waals surface area contributed by atoms with Gasteiger partial charge in [-0.25, -0.2) is 14.2 Å². The van der Waals surface area contributed by atoms with Gasteiger partial charge in [0.1, 0.15) is 11.6 Å². The average Bonchev–Trinajstić information content (AvgIpc) is 3.11. The number of benzene rings is 1. The zero-order chi connectivity index (χ0) is 17.8. The number of imidazole rings is 1. The summed E-state index contributed by atoms with van der Waals surface area (Å²) in [4.78, 5) is 18.8. The van der Waals surface area contributed by atoms with Crippen molar-refractivity contribution in [1.29, 1.82) is 0 Å². The van der Waals surface area contributed by atoms with Crippen molar-refractivity contribution in [2.24, 2.45) is 0 Å². The van der Waals surface area contributed by atoms with Crippen LogP contribution < -0.4 is 5.32 Å². The SMILES string of the molecule is CC(C)n1ccnc1[C@H]1CCCN(C(=O)NCc2ccccc2F)C1. The van der Waals surface area contributed by atoms with Crippen molar-refractivity contribution in [3.63, 3.8) is 0 Å². The van der Waals surface area contributed by atoms with Gasteiger partial charge >= 0.3 is 6.03 Å². The molecule has 134 valence electrons. The molecule has 2 aromatic rings. The van der Waals surface area contributed by atoms with Crippen LogP contribution in [-0.2, 0) is 6.54 Å². The summed E-state index contributed by atoms with van der Waals surface area (Å²) in [6.45, 7) is 5.84. The van der Waals surface area contributed by atoms with Gasteiger partial charge in [-0.3, -0.25) is 0 Å². The fourth-order valence-corrected chi connectivity index (χ4v) is 3.37. The smallest absolute Gasteiger partial charge is 0.317 e. The maximum absolute atomic E-state index is 13.7. The number of urea groups is 1. The second-order valence-electron chi connectivity index (χ2n) is 6.82. The number of piperidine rings is 1. The summed E-state index contributed by atoms with van der Waals surface area (Å²) in [5.74, 6) is 0.991. The normalized spacial score (nSPS) is 17.8. The Morgan fingerprint density at radius 3 is 2.96 bits per heavy atom. The lowest BCUT2D eigenvalue weighted by atomic mass is 9.97. The first-order chi connectivity index (χ1) is 12.1. The van der Waals surface area contributed by atoms with E-state index in [0.717, 1.165) is 25.2 Å². The van der Waals surface area contributed by atoms with Crippen LogP contribution in [0.2, 0.25) is 0 Å². The molecule has 0 saturated carbocycles. The van der Waals surface area contributed by atoms with Gasteiger partial charge in [0.2, 0.25) is 0 Å². The van der Waals surface area contributed by atoms with E-state index in [2.05, 4.69) is 28.7 Å². The molecule has 0 aliphatic carbocycles. The molecular formula is C19H25FN4O. The van der Waals surface area contributed by atoms with Crippen LogP contribution in [0.15, 0.2) is 36.7 Å². The molecule has 3 rings (SSSR count). The highest BCUT2D eigenvalue weighted by molar-refractivity contribution is 5.74. The molecule has 25 heavy (non-hydrogen) atoms. The fourth-order valence-electron chi connectivity index (χ4n) is 3.37. The Hall–Kier alpha value is -2.37. The van der Waals surface area contributed by atoms with Gasteiger partial charge in [0, 0.05) is 49.6 Å². The van der Waals surface area contributed by atoms with Crippen LogP contribution in [0, 0.1) is 5.82 Å². The van der Waals surface area contributed by atoms with Gasteiger partial charge < -0.3 is 14.8 Å². The van der Waals surface area contributed by atoms with E-state index < -0.39 is 0 Å². The lowest BCUT2D eigenvalue weighted by molar-refractivity contribution is 0.177. The number of nitrogens with zero attached hydrogens (tertiary/aromatic N) is 3. The Balaban J connectivity index is 1.62. The molecule has 0 unspecified atom stereocenters. The first-order valence-corrected chi connectivity index (χ1v) is 8.85. The number of aromatic nitrogens is 2. The zero-order valence-corrected chi connectivity index (χ0v) is 14.8. The van der Waals surface area contributed by atoms with Gasteiger partial charge in [0.15, 0.2) is 0 Å². The Labute approximate surface area is 147 Å². The lowest BCUT2D eigenvalue weighted by Gasteiger charge is -2.33. The number of carbonyl (C=O) groups is 1. The van der Waals surface area contributed by atoms with E-state index in [1.165, 1.54) is 6.07 Å². The van der Waals surface area contributed by atoms with Gasteiger partial charge in [-0.1, -0.05) is 18.2 Å². The van der Waals surface area contributed by atoms with Gasteiger partial charge in [-0.15, -0.1) is 0 Å². The van der Waals surface area contributed by atoms with Gasteiger partial charge in [-0.05, 0) is 32.8 Å². The number of rotatable bonds is 4. The van der Waals surface area contributed by atoms with Crippen molar-refractivity contribution < 1.29 is 9.18 Å². The van der Waals surface area contributed by atoms with E-state index in [-0.39, 0.29) is 24.3 Å². The minimum Gasteiger partial charge on any atom is -0.334 e. The molecule has 0 spiro atoms. The third kappa shape index (κ3) is 4.00. The molecule has 6 heteroatoms. The van der Waals surface area contributed by atoms with Crippen molar-refractivity contribution >= 4 is 6.03 Å². The lowest BCUT2D eigenvalue weighted by Crippen LogP contribution is -2.45. The molecule has 1 N–H and O–H groups in total. The van der Waals surface area contributed by atoms with E-state index in [0.29, 0.717) is 18.2 Å². The molecule has 2 amide bonds. The molecular weight excluding hydrogens is 319 g/mol. The summed E-state index contributed by atoms with van der Waals surface area (Å²) >= 11 is 0. The van der Waals surface area contributed by atoms with E-state index in [1.807, 2.05) is 17.3 Å². The minimum atomic E-state index is -0.293. The Morgan fingerprint density at radius 2 is 2.20 bits per heavy atom. The second-order valence-corrected chi connectivity index (χ2v) is 6.82. The largest absolute Gasteiger partial charge is 0.334 e. The van der Waals surface area contributed by atoms with Gasteiger partial charge in [0.05, 0.1) is 0 Å². The molecule has 1 aromatic carbocycles. The van der Waals surface area contributed by atoms with Crippen molar-refractivity contribution in [3.05, 3.63) is 53.9 Å². The Bertz CT molecular complexity index is 728. The third-order valence-electron chi connectivity index (χ3n) is 4.72. The van der Waals surface area contributed by atoms with Gasteiger partial charge in [-0.2, -0.15) is 0 Å². The predicted octanol–water partition coefficient (Wildman–Crippen LogP) is 3.69. The zero-order valence-electron chi connectivity index (χ0n) is 14.8. The number of nitrogens with one attached hydrogen (secondary N) is 1. The number of hydrogen-bond donors (Lipinski definition) is 1. The minimum absolute atomic E-state index is 0.143. The van der Waals surface area contributed by atoms with E-state index in [9.17, 15) is 9.18 Å². The number of carbonyl (C=O) groups excluding carboxylic acids is 1. The molecule has 1 saturated heterocycles. The van der Waals surface area contributed by atoms with Crippen LogP contribution in [0.1, 0.15) is 50.0 Å². The third-order valence-corrected chi connectivity index (χ3v) is 4.72. The molecule has 1 atom stereocenters. The van der Waals surface area contributed by atoms with Crippen molar-refractivity contribution in [2.45, 2.75) is 45.2 Å². The van der Waals surface area contributed by atoms with Crippen molar-refractivity contribution in [2.75, 3.05) is 13.1 Å². The first-order valence-electron chi connectivity index (χ1n) is 8.85. The summed E-state index contributed by atoms with van der Waals surface area (Å²) in [5.41, 5.74) is 0.500.